The molecule has 0 amide bonds. The van der Waals surface area contributed by atoms with Crippen molar-refractivity contribution < 1.29 is 4.42 Å². The molecular weight excluding hydrogens is 236 g/mol. The van der Waals surface area contributed by atoms with E-state index in [4.69, 9.17) is 4.42 Å². The van der Waals surface area contributed by atoms with E-state index in [1.807, 2.05) is 37.4 Å². The van der Waals surface area contributed by atoms with E-state index in [9.17, 15) is 0 Å². The minimum atomic E-state index is 0.702. The van der Waals surface area contributed by atoms with Gasteiger partial charge < -0.3 is 9.73 Å². The van der Waals surface area contributed by atoms with Crippen LogP contribution in [0.3, 0.4) is 0 Å². The lowest BCUT2D eigenvalue weighted by molar-refractivity contribution is 0.618. The molecule has 3 rings (SSSR count). The van der Waals surface area contributed by atoms with E-state index < -0.39 is 0 Å². The number of benzene rings is 2. The van der Waals surface area contributed by atoms with Crippen LogP contribution in [0.1, 0.15) is 5.56 Å². The minimum absolute atomic E-state index is 0.702. The molecule has 0 spiro atoms. The number of fused-ring (bicyclic) bond motifs is 1. The molecule has 3 heteroatoms. The summed E-state index contributed by atoms with van der Waals surface area (Å²) in [5.74, 6) is 0.702. The van der Waals surface area contributed by atoms with Crippen LogP contribution in [0.2, 0.25) is 0 Å². The average molecular weight is 252 g/mol. The van der Waals surface area contributed by atoms with E-state index in [-0.39, 0.29) is 0 Å². The van der Waals surface area contributed by atoms with Gasteiger partial charge in [0.15, 0.2) is 5.58 Å². The van der Waals surface area contributed by atoms with Gasteiger partial charge in [-0.3, -0.25) is 0 Å². The molecule has 1 heterocycles. The number of oxazole rings is 1. The predicted molar refractivity (Wildman–Crippen MR) is 77.1 cm³/mol. The summed E-state index contributed by atoms with van der Waals surface area (Å²) in [6, 6.07) is 16.1. The Morgan fingerprint density at radius 1 is 1.05 bits per heavy atom. The van der Waals surface area contributed by atoms with Crippen LogP contribution in [0.4, 0.5) is 0 Å². The lowest BCUT2D eigenvalue weighted by Gasteiger charge is -2.05. The van der Waals surface area contributed by atoms with Crippen molar-refractivity contribution in [2.45, 2.75) is 6.42 Å². The van der Waals surface area contributed by atoms with Gasteiger partial charge >= 0.3 is 0 Å². The Kier molecular flexibility index (Phi) is 3.29. The van der Waals surface area contributed by atoms with E-state index in [1.165, 1.54) is 5.56 Å². The van der Waals surface area contributed by atoms with Crippen LogP contribution in [0.5, 0.6) is 0 Å². The third-order valence-electron chi connectivity index (χ3n) is 3.19. The standard InChI is InChI=1S/C16H16N2O/c1-17-11-10-12-6-2-3-7-13(12)16-18-14-8-4-5-9-15(14)19-16/h2-9,17H,10-11H2,1H3. The van der Waals surface area contributed by atoms with E-state index in [0.29, 0.717) is 5.89 Å². The van der Waals surface area contributed by atoms with Crippen LogP contribution in [-0.2, 0) is 6.42 Å². The second-order valence-electron chi connectivity index (χ2n) is 4.50. The van der Waals surface area contributed by atoms with Crippen LogP contribution >= 0.6 is 0 Å². The fourth-order valence-electron chi connectivity index (χ4n) is 2.19. The number of nitrogens with one attached hydrogen (secondary N) is 1. The first-order valence-corrected chi connectivity index (χ1v) is 6.47. The van der Waals surface area contributed by atoms with Gasteiger partial charge in [0.2, 0.25) is 5.89 Å². The number of para-hydroxylation sites is 2. The van der Waals surface area contributed by atoms with Crippen LogP contribution in [0.25, 0.3) is 22.6 Å². The third-order valence-corrected chi connectivity index (χ3v) is 3.19. The van der Waals surface area contributed by atoms with Gasteiger partial charge in [-0.15, -0.1) is 0 Å². The summed E-state index contributed by atoms with van der Waals surface area (Å²) >= 11 is 0. The molecular formula is C16H16N2O. The maximum Gasteiger partial charge on any atom is 0.227 e. The van der Waals surface area contributed by atoms with E-state index in [2.05, 4.69) is 28.5 Å². The normalized spacial score (nSPS) is 11.0. The van der Waals surface area contributed by atoms with Crippen molar-refractivity contribution in [1.82, 2.24) is 10.3 Å². The summed E-state index contributed by atoms with van der Waals surface area (Å²) in [5.41, 5.74) is 4.07. The maximum atomic E-state index is 5.84. The molecule has 0 radical (unpaired) electrons. The second-order valence-corrected chi connectivity index (χ2v) is 4.50. The van der Waals surface area contributed by atoms with Crippen molar-refractivity contribution in [3.63, 3.8) is 0 Å². The molecule has 19 heavy (non-hydrogen) atoms. The van der Waals surface area contributed by atoms with Crippen molar-refractivity contribution in [3.05, 3.63) is 54.1 Å². The summed E-state index contributed by atoms with van der Waals surface area (Å²) in [4.78, 5) is 4.56. The van der Waals surface area contributed by atoms with Crippen molar-refractivity contribution in [2.75, 3.05) is 13.6 Å². The van der Waals surface area contributed by atoms with Crippen molar-refractivity contribution in [3.8, 4) is 11.5 Å². The van der Waals surface area contributed by atoms with Gasteiger partial charge in [0.05, 0.1) is 0 Å². The van der Waals surface area contributed by atoms with Gasteiger partial charge in [0.25, 0.3) is 0 Å². The highest BCUT2D eigenvalue weighted by Gasteiger charge is 2.11. The van der Waals surface area contributed by atoms with Crippen LogP contribution in [0, 0.1) is 0 Å². The molecule has 0 atom stereocenters. The van der Waals surface area contributed by atoms with E-state index in [0.717, 1.165) is 29.6 Å². The Morgan fingerprint density at radius 2 is 1.84 bits per heavy atom. The smallest absolute Gasteiger partial charge is 0.227 e. The Bertz CT molecular complexity index is 655. The number of rotatable bonds is 4. The number of likely N-dealkylation sites (N-methyl/N-ethyl adjacent to an activating group) is 1. The molecule has 0 saturated heterocycles. The average Bonchev–Trinajstić information content (AvgIpc) is 2.89. The lowest BCUT2D eigenvalue weighted by atomic mass is 10.0. The molecule has 0 bridgehead atoms. The van der Waals surface area contributed by atoms with Gasteiger partial charge in [-0.25, -0.2) is 4.98 Å². The SMILES string of the molecule is CNCCc1ccccc1-c1nc2ccccc2o1. The molecule has 1 aromatic heterocycles. The van der Waals surface area contributed by atoms with Gasteiger partial charge in [-0.1, -0.05) is 30.3 Å². The third kappa shape index (κ3) is 2.37. The molecule has 0 saturated carbocycles. The Hall–Kier alpha value is -2.13. The first-order chi connectivity index (χ1) is 9.38. The largest absolute Gasteiger partial charge is 0.436 e. The zero-order valence-electron chi connectivity index (χ0n) is 10.9. The first kappa shape index (κ1) is 11.9. The zero-order valence-corrected chi connectivity index (χ0v) is 10.9. The van der Waals surface area contributed by atoms with Crippen LogP contribution in [0.15, 0.2) is 52.9 Å². The number of hydrogen-bond donors (Lipinski definition) is 1. The molecule has 0 unspecified atom stereocenters. The van der Waals surface area contributed by atoms with Gasteiger partial charge in [-0.05, 0) is 43.8 Å². The maximum absolute atomic E-state index is 5.84. The quantitative estimate of drug-likeness (QED) is 0.774. The van der Waals surface area contributed by atoms with E-state index in [1.54, 1.807) is 0 Å². The summed E-state index contributed by atoms with van der Waals surface area (Å²) in [6.45, 7) is 0.942. The van der Waals surface area contributed by atoms with Crippen LogP contribution < -0.4 is 5.32 Å². The molecule has 1 N–H and O–H groups in total. The van der Waals surface area contributed by atoms with E-state index >= 15 is 0 Å². The fourth-order valence-corrected chi connectivity index (χ4v) is 2.19. The molecule has 3 nitrogen and oxygen atoms in total. The first-order valence-electron chi connectivity index (χ1n) is 6.47. The number of aromatic nitrogens is 1. The van der Waals surface area contributed by atoms with Crippen molar-refractivity contribution in [2.24, 2.45) is 0 Å². The summed E-state index contributed by atoms with van der Waals surface area (Å²) < 4.78 is 5.84. The van der Waals surface area contributed by atoms with Crippen molar-refractivity contribution >= 4 is 11.1 Å². The molecule has 0 aliphatic carbocycles. The predicted octanol–water partition coefficient (Wildman–Crippen LogP) is 3.26. The highest BCUT2D eigenvalue weighted by molar-refractivity contribution is 5.76. The topological polar surface area (TPSA) is 38.1 Å². The number of hydrogen-bond acceptors (Lipinski definition) is 3. The number of nitrogens with zero attached hydrogens (tertiary/aromatic N) is 1. The van der Waals surface area contributed by atoms with Crippen molar-refractivity contribution in [1.29, 1.82) is 0 Å². The van der Waals surface area contributed by atoms with Crippen LogP contribution in [-0.4, -0.2) is 18.6 Å². The monoisotopic (exact) mass is 252 g/mol. The molecule has 96 valence electrons. The highest BCUT2D eigenvalue weighted by atomic mass is 16.3. The Labute approximate surface area is 112 Å². The van der Waals surface area contributed by atoms with Gasteiger partial charge in [0, 0.05) is 5.56 Å². The Balaban J connectivity index is 2.05. The fraction of sp³-hybridized carbons (Fsp3) is 0.188. The molecule has 0 aliphatic rings. The zero-order chi connectivity index (χ0) is 13.1. The Morgan fingerprint density at radius 3 is 2.68 bits per heavy atom. The second kappa shape index (κ2) is 5.24. The minimum Gasteiger partial charge on any atom is -0.436 e. The lowest BCUT2D eigenvalue weighted by Crippen LogP contribution is -2.10. The summed E-state index contributed by atoms with van der Waals surface area (Å²) in [6.07, 6.45) is 0.964. The molecule has 3 aromatic rings. The molecule has 0 aliphatic heterocycles. The van der Waals surface area contributed by atoms with Gasteiger partial charge in [0.1, 0.15) is 5.52 Å². The summed E-state index contributed by atoms with van der Waals surface area (Å²) in [5, 5.41) is 3.17. The van der Waals surface area contributed by atoms with Gasteiger partial charge in [-0.2, -0.15) is 0 Å². The summed E-state index contributed by atoms with van der Waals surface area (Å²) in [7, 11) is 1.96. The molecule has 2 aromatic carbocycles. The highest BCUT2D eigenvalue weighted by Crippen LogP contribution is 2.26. The molecule has 0 fully saturated rings.